The standard InChI is InChI=1S/C26H25N3O/c1-18-8-12-23(13-9-18)29-25(21-7-5-6-19(2)16-21)27-24(26(29)30)17-20-10-14-22(15-11-20)28(3)4/h5-17H,1-4H3. The Hall–Kier alpha value is -3.66. The van der Waals surface area contributed by atoms with E-state index in [1.54, 1.807) is 4.90 Å². The number of anilines is 2. The lowest BCUT2D eigenvalue weighted by Gasteiger charge is -2.19. The highest BCUT2D eigenvalue weighted by Crippen LogP contribution is 2.28. The largest absolute Gasteiger partial charge is 0.378 e. The Bertz CT molecular complexity index is 1140. The third-order valence-electron chi connectivity index (χ3n) is 5.14. The molecule has 1 aliphatic heterocycles. The molecule has 4 rings (SSSR count). The smallest absolute Gasteiger partial charge is 0.282 e. The van der Waals surface area contributed by atoms with Gasteiger partial charge in [0.2, 0.25) is 0 Å². The lowest BCUT2D eigenvalue weighted by molar-refractivity contribution is -0.113. The lowest BCUT2D eigenvalue weighted by atomic mass is 10.1. The minimum Gasteiger partial charge on any atom is -0.378 e. The quantitative estimate of drug-likeness (QED) is 0.569. The Morgan fingerprint density at radius 1 is 0.867 bits per heavy atom. The summed E-state index contributed by atoms with van der Waals surface area (Å²) in [6, 6.07) is 24.1. The van der Waals surface area contributed by atoms with Crippen molar-refractivity contribution in [1.29, 1.82) is 0 Å². The summed E-state index contributed by atoms with van der Waals surface area (Å²) in [4.78, 5) is 21.9. The first-order chi connectivity index (χ1) is 14.4. The maximum Gasteiger partial charge on any atom is 0.282 e. The van der Waals surface area contributed by atoms with E-state index in [0.29, 0.717) is 11.5 Å². The van der Waals surface area contributed by atoms with Gasteiger partial charge in [0, 0.05) is 25.3 Å². The maximum absolute atomic E-state index is 13.4. The van der Waals surface area contributed by atoms with E-state index in [-0.39, 0.29) is 5.91 Å². The van der Waals surface area contributed by atoms with E-state index >= 15 is 0 Å². The van der Waals surface area contributed by atoms with E-state index in [1.807, 2.05) is 106 Å². The summed E-state index contributed by atoms with van der Waals surface area (Å²) in [5.74, 6) is 0.538. The van der Waals surface area contributed by atoms with Crippen LogP contribution in [0.25, 0.3) is 6.08 Å². The van der Waals surface area contributed by atoms with Crippen LogP contribution in [0.3, 0.4) is 0 Å². The maximum atomic E-state index is 13.4. The van der Waals surface area contributed by atoms with Crippen LogP contribution in [0, 0.1) is 13.8 Å². The van der Waals surface area contributed by atoms with Gasteiger partial charge in [-0.3, -0.25) is 9.69 Å². The number of nitrogens with zero attached hydrogens (tertiary/aromatic N) is 3. The SMILES string of the molecule is Cc1ccc(N2C(=O)C(=Cc3ccc(N(C)C)cc3)N=C2c2cccc(C)c2)cc1. The van der Waals surface area contributed by atoms with Gasteiger partial charge in [-0.25, -0.2) is 4.99 Å². The highest BCUT2D eigenvalue weighted by molar-refractivity contribution is 6.33. The predicted molar refractivity (Wildman–Crippen MR) is 125 cm³/mol. The molecule has 4 nitrogen and oxygen atoms in total. The van der Waals surface area contributed by atoms with E-state index in [0.717, 1.165) is 33.6 Å². The zero-order chi connectivity index (χ0) is 21.3. The average molecular weight is 396 g/mol. The van der Waals surface area contributed by atoms with Crippen LogP contribution in [0.5, 0.6) is 0 Å². The normalized spacial score (nSPS) is 14.9. The second-order valence-corrected chi connectivity index (χ2v) is 7.80. The molecule has 0 spiro atoms. The van der Waals surface area contributed by atoms with Gasteiger partial charge in [0.05, 0.1) is 5.69 Å². The minimum absolute atomic E-state index is 0.118. The van der Waals surface area contributed by atoms with Crippen molar-refractivity contribution in [1.82, 2.24) is 0 Å². The molecule has 1 aliphatic rings. The lowest BCUT2D eigenvalue weighted by Crippen LogP contribution is -2.32. The summed E-state index contributed by atoms with van der Waals surface area (Å²) in [6.45, 7) is 4.08. The van der Waals surface area contributed by atoms with Crippen LogP contribution in [0.1, 0.15) is 22.3 Å². The fourth-order valence-corrected chi connectivity index (χ4v) is 3.45. The molecule has 0 saturated carbocycles. The topological polar surface area (TPSA) is 35.9 Å². The first-order valence-corrected chi connectivity index (χ1v) is 9.98. The van der Waals surface area contributed by atoms with Crippen LogP contribution in [0.4, 0.5) is 11.4 Å². The summed E-state index contributed by atoms with van der Waals surface area (Å²) < 4.78 is 0. The number of aryl methyl sites for hydroxylation is 2. The third kappa shape index (κ3) is 3.90. The fraction of sp³-hybridized carbons (Fsp3) is 0.154. The number of amides is 1. The van der Waals surface area contributed by atoms with Crippen molar-refractivity contribution < 1.29 is 4.79 Å². The number of aliphatic imine (C=N–C) groups is 1. The number of carbonyl (C=O) groups excluding carboxylic acids is 1. The molecule has 1 heterocycles. The second-order valence-electron chi connectivity index (χ2n) is 7.80. The molecule has 3 aromatic carbocycles. The molecule has 3 aromatic rings. The van der Waals surface area contributed by atoms with Crippen molar-refractivity contribution >= 4 is 29.2 Å². The van der Waals surface area contributed by atoms with E-state index in [2.05, 4.69) is 6.07 Å². The average Bonchev–Trinajstić information content (AvgIpc) is 3.05. The number of benzene rings is 3. The molecule has 30 heavy (non-hydrogen) atoms. The Morgan fingerprint density at radius 3 is 2.20 bits per heavy atom. The van der Waals surface area contributed by atoms with Crippen molar-refractivity contribution in [3.63, 3.8) is 0 Å². The van der Waals surface area contributed by atoms with Crippen LogP contribution < -0.4 is 9.80 Å². The van der Waals surface area contributed by atoms with Gasteiger partial charge in [0.25, 0.3) is 5.91 Å². The van der Waals surface area contributed by atoms with Crippen LogP contribution >= 0.6 is 0 Å². The molecule has 0 aliphatic carbocycles. The molecule has 0 radical (unpaired) electrons. The van der Waals surface area contributed by atoms with Gasteiger partial charge >= 0.3 is 0 Å². The van der Waals surface area contributed by atoms with Gasteiger partial charge in [0.15, 0.2) is 0 Å². The zero-order valence-electron chi connectivity index (χ0n) is 17.8. The Kier molecular flexibility index (Phi) is 5.23. The predicted octanol–water partition coefficient (Wildman–Crippen LogP) is 5.20. The second kappa shape index (κ2) is 7.99. The van der Waals surface area contributed by atoms with Gasteiger partial charge in [-0.1, -0.05) is 53.6 Å². The van der Waals surface area contributed by atoms with Gasteiger partial charge < -0.3 is 4.90 Å². The Morgan fingerprint density at radius 2 is 1.57 bits per heavy atom. The van der Waals surface area contributed by atoms with Crippen LogP contribution in [-0.4, -0.2) is 25.8 Å². The molecule has 0 unspecified atom stereocenters. The summed E-state index contributed by atoms with van der Waals surface area (Å²) in [5, 5.41) is 0. The molecular formula is C26H25N3O. The first-order valence-electron chi connectivity index (χ1n) is 9.98. The molecule has 0 N–H and O–H groups in total. The molecule has 4 heteroatoms. The third-order valence-corrected chi connectivity index (χ3v) is 5.14. The molecule has 0 atom stereocenters. The molecule has 0 bridgehead atoms. The first kappa shape index (κ1) is 19.6. The van der Waals surface area contributed by atoms with Crippen LogP contribution in [0.2, 0.25) is 0 Å². The van der Waals surface area contributed by atoms with Gasteiger partial charge in [0.1, 0.15) is 11.5 Å². The summed E-state index contributed by atoms with van der Waals surface area (Å²) in [5.41, 5.74) is 6.51. The van der Waals surface area contributed by atoms with Crippen LogP contribution in [-0.2, 0) is 4.79 Å². The molecule has 0 fully saturated rings. The van der Waals surface area contributed by atoms with Gasteiger partial charge in [-0.05, 0) is 55.8 Å². The van der Waals surface area contributed by atoms with Crippen molar-refractivity contribution in [2.24, 2.45) is 4.99 Å². The zero-order valence-corrected chi connectivity index (χ0v) is 17.8. The number of amidine groups is 1. The molecule has 150 valence electrons. The Labute approximate surface area is 177 Å². The molecule has 0 aromatic heterocycles. The van der Waals surface area contributed by atoms with Gasteiger partial charge in [-0.2, -0.15) is 0 Å². The fourth-order valence-electron chi connectivity index (χ4n) is 3.45. The minimum atomic E-state index is -0.118. The Balaban J connectivity index is 1.78. The van der Waals surface area contributed by atoms with Crippen molar-refractivity contribution in [3.8, 4) is 0 Å². The van der Waals surface area contributed by atoms with E-state index < -0.39 is 0 Å². The van der Waals surface area contributed by atoms with Gasteiger partial charge in [-0.15, -0.1) is 0 Å². The van der Waals surface area contributed by atoms with Crippen molar-refractivity contribution in [2.45, 2.75) is 13.8 Å². The summed E-state index contributed by atoms with van der Waals surface area (Å²) in [6.07, 6.45) is 1.85. The summed E-state index contributed by atoms with van der Waals surface area (Å²) >= 11 is 0. The monoisotopic (exact) mass is 395 g/mol. The molecule has 0 saturated heterocycles. The highest BCUT2D eigenvalue weighted by Gasteiger charge is 2.32. The summed E-state index contributed by atoms with van der Waals surface area (Å²) in [7, 11) is 4.01. The number of hydrogen-bond acceptors (Lipinski definition) is 3. The van der Waals surface area contributed by atoms with Crippen molar-refractivity contribution in [2.75, 3.05) is 23.9 Å². The van der Waals surface area contributed by atoms with Crippen LogP contribution in [0.15, 0.2) is 83.5 Å². The molecule has 1 amide bonds. The van der Waals surface area contributed by atoms with Crippen molar-refractivity contribution in [3.05, 3.63) is 101 Å². The number of rotatable bonds is 4. The highest BCUT2D eigenvalue weighted by atomic mass is 16.2. The number of hydrogen-bond donors (Lipinski definition) is 0. The molecular weight excluding hydrogens is 370 g/mol. The van der Waals surface area contributed by atoms with E-state index in [4.69, 9.17) is 4.99 Å². The van der Waals surface area contributed by atoms with E-state index in [9.17, 15) is 4.79 Å². The van der Waals surface area contributed by atoms with E-state index in [1.165, 1.54) is 0 Å². The number of carbonyl (C=O) groups is 1.